The predicted molar refractivity (Wildman–Crippen MR) is 98.8 cm³/mol. The lowest BCUT2D eigenvalue weighted by molar-refractivity contribution is -0.121. The van der Waals surface area contributed by atoms with Gasteiger partial charge in [-0.3, -0.25) is 4.79 Å². The second-order valence-electron chi connectivity index (χ2n) is 6.95. The van der Waals surface area contributed by atoms with Crippen molar-refractivity contribution in [2.75, 3.05) is 46.9 Å². The van der Waals surface area contributed by atoms with E-state index in [0.717, 1.165) is 31.0 Å². The number of carbonyl (C=O) groups excluding carboxylic acids is 1. The number of benzene rings is 1. The number of carbonyl (C=O) groups is 1. The van der Waals surface area contributed by atoms with E-state index in [1.54, 1.807) is 7.11 Å². The van der Waals surface area contributed by atoms with E-state index < -0.39 is 0 Å². The number of nitrogens with one attached hydrogen (secondary N) is 2. The number of ether oxygens (including phenoxy) is 2. The molecule has 2 N–H and O–H groups in total. The molecule has 0 aromatic heterocycles. The number of hydrogen-bond acceptors (Lipinski definition) is 5. The first-order valence-electron chi connectivity index (χ1n) is 8.93. The van der Waals surface area contributed by atoms with Gasteiger partial charge in [-0.1, -0.05) is 26.0 Å². The minimum Gasteiger partial charge on any atom is -0.497 e. The first kappa shape index (κ1) is 19.7. The molecule has 140 valence electrons. The lowest BCUT2D eigenvalue weighted by Crippen LogP contribution is -2.46. The van der Waals surface area contributed by atoms with Crippen LogP contribution in [0, 0.1) is 5.92 Å². The fourth-order valence-corrected chi connectivity index (χ4v) is 3.01. The molecule has 1 aromatic rings. The molecule has 1 heterocycles. The zero-order valence-electron chi connectivity index (χ0n) is 15.7. The molecule has 1 fully saturated rings. The molecular weight excluding hydrogens is 318 g/mol. The Bertz CT molecular complexity index is 533. The van der Waals surface area contributed by atoms with Crippen LogP contribution in [0.3, 0.4) is 0 Å². The molecule has 6 heteroatoms. The summed E-state index contributed by atoms with van der Waals surface area (Å²) >= 11 is 0. The fraction of sp³-hybridized carbons (Fsp3) is 0.632. The average Bonchev–Trinajstić information content (AvgIpc) is 2.60. The van der Waals surface area contributed by atoms with E-state index in [4.69, 9.17) is 9.47 Å². The molecule has 1 aliphatic heterocycles. The summed E-state index contributed by atoms with van der Waals surface area (Å²) in [4.78, 5) is 14.6. The summed E-state index contributed by atoms with van der Waals surface area (Å²) in [6.07, 6.45) is 0.147. The third-order valence-electron chi connectivity index (χ3n) is 4.46. The molecule has 6 nitrogen and oxygen atoms in total. The molecule has 0 radical (unpaired) electrons. The lowest BCUT2D eigenvalue weighted by atomic mass is 9.96. The van der Waals surface area contributed by atoms with Crippen molar-refractivity contribution in [2.24, 2.45) is 5.92 Å². The van der Waals surface area contributed by atoms with Gasteiger partial charge in [0.2, 0.25) is 5.91 Å². The highest BCUT2D eigenvalue weighted by molar-refractivity contribution is 5.78. The van der Waals surface area contributed by atoms with Crippen LogP contribution < -0.4 is 15.4 Å². The first-order chi connectivity index (χ1) is 12.0. The Hall–Kier alpha value is -1.63. The van der Waals surface area contributed by atoms with E-state index in [0.29, 0.717) is 19.0 Å². The van der Waals surface area contributed by atoms with Gasteiger partial charge in [-0.2, -0.15) is 0 Å². The molecule has 0 aliphatic carbocycles. The van der Waals surface area contributed by atoms with E-state index in [1.807, 2.05) is 24.3 Å². The summed E-state index contributed by atoms with van der Waals surface area (Å²) in [5.41, 5.74) is 1.08. The van der Waals surface area contributed by atoms with Gasteiger partial charge >= 0.3 is 0 Å². The monoisotopic (exact) mass is 349 g/mol. The van der Waals surface area contributed by atoms with Gasteiger partial charge in [0, 0.05) is 19.6 Å². The van der Waals surface area contributed by atoms with E-state index in [1.165, 1.54) is 0 Å². The maximum atomic E-state index is 12.3. The maximum Gasteiger partial charge on any atom is 0.234 e. The number of likely N-dealkylation sites (N-methyl/N-ethyl adjacent to an activating group) is 1. The van der Waals surface area contributed by atoms with Crippen LogP contribution in [-0.4, -0.2) is 63.9 Å². The molecule has 1 aromatic carbocycles. The molecule has 25 heavy (non-hydrogen) atoms. The third-order valence-corrected chi connectivity index (χ3v) is 4.46. The summed E-state index contributed by atoms with van der Waals surface area (Å²) < 4.78 is 10.9. The van der Waals surface area contributed by atoms with Crippen molar-refractivity contribution in [3.8, 4) is 5.75 Å². The Morgan fingerprint density at radius 2 is 2.08 bits per heavy atom. The molecule has 2 atom stereocenters. The second kappa shape index (κ2) is 9.75. The molecule has 1 aliphatic rings. The standard InChI is InChI=1S/C19H31N3O3/c1-14(2)19(15-5-7-16(24-4)8-6-15)21-18(23)12-20-11-17-13-22(3)9-10-25-17/h5-8,14,17,19-20H,9-13H2,1-4H3,(H,21,23)/t17-,19+/m0/s1. The SMILES string of the molecule is COc1ccc([C@H](NC(=O)CNC[C@H]2CN(C)CCO2)C(C)C)cc1. The van der Waals surface area contributed by atoms with Crippen molar-refractivity contribution < 1.29 is 14.3 Å². The van der Waals surface area contributed by atoms with Gasteiger partial charge in [-0.15, -0.1) is 0 Å². The molecule has 0 bridgehead atoms. The Morgan fingerprint density at radius 1 is 1.36 bits per heavy atom. The quantitative estimate of drug-likeness (QED) is 0.743. The highest BCUT2D eigenvalue weighted by atomic mass is 16.5. The number of morpholine rings is 1. The molecule has 2 rings (SSSR count). The Labute approximate surface area is 150 Å². The molecule has 0 spiro atoms. The minimum absolute atomic E-state index is 0.00122. The van der Waals surface area contributed by atoms with Gasteiger partial charge in [0.05, 0.1) is 32.4 Å². The summed E-state index contributed by atoms with van der Waals surface area (Å²) in [6.45, 7) is 7.81. The van der Waals surface area contributed by atoms with Gasteiger partial charge in [0.25, 0.3) is 0 Å². The van der Waals surface area contributed by atoms with Crippen molar-refractivity contribution in [2.45, 2.75) is 26.0 Å². The van der Waals surface area contributed by atoms with Crippen molar-refractivity contribution >= 4 is 5.91 Å². The van der Waals surface area contributed by atoms with Gasteiger partial charge in [-0.25, -0.2) is 0 Å². The van der Waals surface area contributed by atoms with Crippen molar-refractivity contribution in [3.05, 3.63) is 29.8 Å². The smallest absolute Gasteiger partial charge is 0.234 e. The number of hydrogen-bond donors (Lipinski definition) is 2. The fourth-order valence-electron chi connectivity index (χ4n) is 3.01. The van der Waals surface area contributed by atoms with Crippen LogP contribution >= 0.6 is 0 Å². The average molecular weight is 349 g/mol. The number of methoxy groups -OCH3 is 1. The molecule has 1 saturated heterocycles. The van der Waals surface area contributed by atoms with Gasteiger partial charge in [0.1, 0.15) is 5.75 Å². The van der Waals surface area contributed by atoms with Gasteiger partial charge in [0.15, 0.2) is 0 Å². The minimum atomic E-state index is -0.0164. The summed E-state index contributed by atoms with van der Waals surface area (Å²) in [7, 11) is 3.74. The van der Waals surface area contributed by atoms with Crippen LogP contribution in [0.15, 0.2) is 24.3 Å². The van der Waals surface area contributed by atoms with Crippen LogP contribution in [-0.2, 0) is 9.53 Å². The van der Waals surface area contributed by atoms with Gasteiger partial charge in [-0.05, 0) is 30.7 Å². The van der Waals surface area contributed by atoms with Crippen LogP contribution in [0.5, 0.6) is 5.75 Å². The number of rotatable bonds is 8. The van der Waals surface area contributed by atoms with E-state index >= 15 is 0 Å². The molecular formula is C19H31N3O3. The Balaban J connectivity index is 1.81. The predicted octanol–water partition coefficient (Wildman–Crippen LogP) is 1.43. The van der Waals surface area contributed by atoms with Crippen LogP contribution in [0.2, 0.25) is 0 Å². The van der Waals surface area contributed by atoms with Crippen molar-refractivity contribution in [1.82, 2.24) is 15.5 Å². The van der Waals surface area contributed by atoms with Crippen molar-refractivity contribution in [1.29, 1.82) is 0 Å². The summed E-state index contributed by atoms with van der Waals surface area (Å²) in [6, 6.07) is 7.83. The first-order valence-corrected chi connectivity index (χ1v) is 8.93. The summed E-state index contributed by atoms with van der Waals surface area (Å²) in [5.74, 6) is 1.11. The summed E-state index contributed by atoms with van der Waals surface area (Å²) in [5, 5.41) is 6.33. The topological polar surface area (TPSA) is 62.8 Å². The Kier molecular flexibility index (Phi) is 7.68. The normalized spacial score (nSPS) is 19.6. The van der Waals surface area contributed by atoms with E-state index in [2.05, 4.69) is 36.4 Å². The lowest BCUT2D eigenvalue weighted by Gasteiger charge is -2.30. The van der Waals surface area contributed by atoms with Crippen LogP contribution in [0.4, 0.5) is 0 Å². The van der Waals surface area contributed by atoms with E-state index in [9.17, 15) is 4.79 Å². The zero-order chi connectivity index (χ0) is 18.2. The van der Waals surface area contributed by atoms with Crippen molar-refractivity contribution in [3.63, 3.8) is 0 Å². The molecule has 0 saturated carbocycles. The highest BCUT2D eigenvalue weighted by Gasteiger charge is 2.20. The largest absolute Gasteiger partial charge is 0.497 e. The maximum absolute atomic E-state index is 12.3. The van der Waals surface area contributed by atoms with Gasteiger partial charge < -0.3 is 25.0 Å². The van der Waals surface area contributed by atoms with Crippen LogP contribution in [0.1, 0.15) is 25.5 Å². The number of amides is 1. The van der Waals surface area contributed by atoms with E-state index in [-0.39, 0.29) is 18.1 Å². The Morgan fingerprint density at radius 3 is 2.68 bits per heavy atom. The number of nitrogens with zero attached hydrogens (tertiary/aromatic N) is 1. The third kappa shape index (κ3) is 6.30. The highest BCUT2D eigenvalue weighted by Crippen LogP contribution is 2.23. The zero-order valence-corrected chi connectivity index (χ0v) is 15.7. The molecule has 1 amide bonds. The molecule has 0 unspecified atom stereocenters. The van der Waals surface area contributed by atoms with Crippen LogP contribution in [0.25, 0.3) is 0 Å². The second-order valence-corrected chi connectivity index (χ2v) is 6.95.